The molecule has 1 unspecified atom stereocenters. The fraction of sp³-hybridized carbons (Fsp3) is 0.667. The van der Waals surface area contributed by atoms with Crippen molar-refractivity contribution in [2.45, 2.75) is 31.3 Å². The van der Waals surface area contributed by atoms with Crippen molar-refractivity contribution in [1.29, 1.82) is 0 Å². The number of hydrogen-bond acceptors (Lipinski definition) is 5. The highest BCUT2D eigenvalue weighted by molar-refractivity contribution is 7.89. The van der Waals surface area contributed by atoms with E-state index in [9.17, 15) is 8.42 Å². The van der Waals surface area contributed by atoms with Crippen molar-refractivity contribution < 1.29 is 8.42 Å². The summed E-state index contributed by atoms with van der Waals surface area (Å²) in [5, 5.41) is 4.88. The monoisotopic (exact) mass is 305 g/mol. The van der Waals surface area contributed by atoms with Gasteiger partial charge >= 0.3 is 0 Å². The van der Waals surface area contributed by atoms with Crippen LogP contribution in [0.5, 0.6) is 0 Å². The Kier molecular flexibility index (Phi) is 6.41. The standard InChI is InChI=1S/C12H23N3O2S2/c1-5-13-7-11-6-12(9-18-11)19(16,17)14-10(2)8-15(3)4/h6,9-10,13-14H,5,7-8H2,1-4H3. The van der Waals surface area contributed by atoms with Crippen LogP contribution in [-0.2, 0) is 16.6 Å². The first-order valence-electron chi connectivity index (χ1n) is 6.30. The largest absolute Gasteiger partial charge is 0.312 e. The molecule has 0 aliphatic rings. The molecule has 0 fully saturated rings. The van der Waals surface area contributed by atoms with Crippen LogP contribution in [0.1, 0.15) is 18.7 Å². The van der Waals surface area contributed by atoms with Crippen LogP contribution in [-0.4, -0.2) is 46.5 Å². The molecular formula is C12H23N3O2S2. The van der Waals surface area contributed by atoms with E-state index in [1.807, 2.05) is 32.8 Å². The Hall–Kier alpha value is -0.470. The summed E-state index contributed by atoms with van der Waals surface area (Å²) in [6, 6.07) is 1.62. The molecule has 0 aliphatic carbocycles. The molecule has 1 atom stereocenters. The molecule has 1 rings (SSSR count). The normalized spacial score (nSPS) is 13.9. The molecule has 110 valence electrons. The average Bonchev–Trinajstić information content (AvgIpc) is 2.73. The van der Waals surface area contributed by atoms with Gasteiger partial charge in [0.05, 0.1) is 4.90 Å². The van der Waals surface area contributed by atoms with E-state index in [4.69, 9.17) is 0 Å². The third kappa shape index (κ3) is 5.58. The first-order valence-corrected chi connectivity index (χ1v) is 8.66. The molecule has 19 heavy (non-hydrogen) atoms. The van der Waals surface area contributed by atoms with Crippen molar-refractivity contribution in [3.63, 3.8) is 0 Å². The zero-order chi connectivity index (χ0) is 14.5. The molecule has 0 bridgehead atoms. The molecule has 0 spiro atoms. The molecule has 0 aromatic carbocycles. The van der Waals surface area contributed by atoms with Crippen LogP contribution < -0.4 is 10.0 Å². The predicted octanol–water partition coefficient (Wildman–Crippen LogP) is 1.09. The van der Waals surface area contributed by atoms with E-state index >= 15 is 0 Å². The van der Waals surface area contributed by atoms with Crippen LogP contribution in [0.15, 0.2) is 16.3 Å². The number of rotatable bonds is 8. The van der Waals surface area contributed by atoms with E-state index < -0.39 is 10.0 Å². The van der Waals surface area contributed by atoms with E-state index in [-0.39, 0.29) is 6.04 Å². The van der Waals surface area contributed by atoms with Gasteiger partial charge in [-0.2, -0.15) is 0 Å². The topological polar surface area (TPSA) is 61.4 Å². The first-order chi connectivity index (χ1) is 8.85. The maximum atomic E-state index is 12.2. The van der Waals surface area contributed by atoms with Crippen LogP contribution >= 0.6 is 11.3 Å². The molecule has 7 heteroatoms. The van der Waals surface area contributed by atoms with Gasteiger partial charge in [0.15, 0.2) is 0 Å². The number of likely N-dealkylation sites (N-methyl/N-ethyl adjacent to an activating group) is 1. The average molecular weight is 305 g/mol. The Morgan fingerprint density at radius 3 is 2.68 bits per heavy atom. The van der Waals surface area contributed by atoms with Crippen molar-refractivity contribution in [3.05, 3.63) is 16.3 Å². The molecule has 2 N–H and O–H groups in total. The van der Waals surface area contributed by atoms with Crippen molar-refractivity contribution in [3.8, 4) is 0 Å². The molecule has 0 saturated heterocycles. The minimum absolute atomic E-state index is 0.114. The number of sulfonamides is 1. The van der Waals surface area contributed by atoms with Crippen LogP contribution in [0, 0.1) is 0 Å². The lowest BCUT2D eigenvalue weighted by molar-refractivity contribution is 0.370. The Bertz CT molecular complexity index is 483. The second-order valence-electron chi connectivity index (χ2n) is 4.81. The van der Waals surface area contributed by atoms with Crippen molar-refractivity contribution in [2.75, 3.05) is 27.2 Å². The third-order valence-corrected chi connectivity index (χ3v) is 5.14. The Morgan fingerprint density at radius 2 is 2.11 bits per heavy atom. The molecule has 0 aliphatic heterocycles. The van der Waals surface area contributed by atoms with Crippen molar-refractivity contribution in [2.24, 2.45) is 0 Å². The Morgan fingerprint density at radius 1 is 1.42 bits per heavy atom. The summed E-state index contributed by atoms with van der Waals surface area (Å²) in [6.45, 7) is 6.15. The van der Waals surface area contributed by atoms with Gasteiger partial charge in [-0.1, -0.05) is 6.92 Å². The van der Waals surface area contributed by atoms with E-state index in [0.717, 1.165) is 11.4 Å². The minimum atomic E-state index is -3.40. The molecule has 1 heterocycles. The van der Waals surface area contributed by atoms with Crippen molar-refractivity contribution in [1.82, 2.24) is 14.9 Å². The van der Waals surface area contributed by atoms with Crippen LogP contribution in [0.4, 0.5) is 0 Å². The second-order valence-corrected chi connectivity index (χ2v) is 7.52. The summed E-state index contributed by atoms with van der Waals surface area (Å²) in [7, 11) is 0.438. The zero-order valence-electron chi connectivity index (χ0n) is 11.9. The smallest absolute Gasteiger partial charge is 0.241 e. The zero-order valence-corrected chi connectivity index (χ0v) is 13.6. The van der Waals surface area contributed by atoms with Gasteiger partial charge in [-0.15, -0.1) is 11.3 Å². The highest BCUT2D eigenvalue weighted by atomic mass is 32.2. The van der Waals surface area contributed by atoms with Gasteiger partial charge in [0.1, 0.15) is 0 Å². The van der Waals surface area contributed by atoms with Crippen LogP contribution in [0.25, 0.3) is 0 Å². The lowest BCUT2D eigenvalue weighted by Crippen LogP contribution is -2.39. The maximum absolute atomic E-state index is 12.2. The molecule has 1 aromatic heterocycles. The lowest BCUT2D eigenvalue weighted by Gasteiger charge is -2.17. The van der Waals surface area contributed by atoms with Gasteiger partial charge < -0.3 is 10.2 Å². The highest BCUT2D eigenvalue weighted by Gasteiger charge is 2.19. The summed E-state index contributed by atoms with van der Waals surface area (Å²) in [6.07, 6.45) is 0. The van der Waals surface area contributed by atoms with Gasteiger partial charge in [-0.3, -0.25) is 0 Å². The molecule has 0 amide bonds. The van der Waals surface area contributed by atoms with E-state index in [1.165, 1.54) is 11.3 Å². The van der Waals surface area contributed by atoms with Gasteiger partial charge in [0.2, 0.25) is 10.0 Å². The number of nitrogens with zero attached hydrogens (tertiary/aromatic N) is 1. The summed E-state index contributed by atoms with van der Waals surface area (Å²) in [5.41, 5.74) is 0. The van der Waals surface area contributed by atoms with Gasteiger partial charge in [0, 0.05) is 29.4 Å². The number of hydrogen-bond donors (Lipinski definition) is 2. The second kappa shape index (κ2) is 7.35. The van der Waals surface area contributed by atoms with Crippen LogP contribution in [0.2, 0.25) is 0 Å². The van der Waals surface area contributed by atoms with E-state index in [2.05, 4.69) is 10.0 Å². The lowest BCUT2D eigenvalue weighted by atomic mass is 10.3. The number of nitrogens with one attached hydrogen (secondary N) is 2. The maximum Gasteiger partial charge on any atom is 0.241 e. The summed E-state index contributed by atoms with van der Waals surface area (Å²) < 4.78 is 27.0. The highest BCUT2D eigenvalue weighted by Crippen LogP contribution is 2.19. The SMILES string of the molecule is CCNCc1cc(S(=O)(=O)NC(C)CN(C)C)cs1. The quantitative estimate of drug-likeness (QED) is 0.755. The summed E-state index contributed by atoms with van der Waals surface area (Å²) in [4.78, 5) is 3.34. The minimum Gasteiger partial charge on any atom is -0.312 e. The van der Waals surface area contributed by atoms with E-state index in [0.29, 0.717) is 18.0 Å². The fourth-order valence-electron chi connectivity index (χ4n) is 1.76. The van der Waals surface area contributed by atoms with E-state index in [1.54, 1.807) is 11.4 Å². The van der Waals surface area contributed by atoms with Gasteiger partial charge in [-0.25, -0.2) is 13.1 Å². The van der Waals surface area contributed by atoms with Crippen LogP contribution in [0.3, 0.4) is 0 Å². The van der Waals surface area contributed by atoms with Crippen molar-refractivity contribution >= 4 is 21.4 Å². The number of thiophene rings is 1. The molecule has 1 aromatic rings. The third-order valence-electron chi connectivity index (χ3n) is 2.48. The summed E-state index contributed by atoms with van der Waals surface area (Å²) in [5.74, 6) is 0. The first kappa shape index (κ1) is 16.6. The molecule has 0 saturated carbocycles. The molecule has 5 nitrogen and oxygen atoms in total. The Labute approximate surface area is 120 Å². The fourth-order valence-corrected chi connectivity index (χ4v) is 4.24. The van der Waals surface area contributed by atoms with Gasteiger partial charge in [0.25, 0.3) is 0 Å². The Balaban J connectivity index is 2.69. The molecule has 0 radical (unpaired) electrons. The molecular weight excluding hydrogens is 282 g/mol. The van der Waals surface area contributed by atoms with Gasteiger partial charge in [-0.05, 0) is 33.6 Å². The summed E-state index contributed by atoms with van der Waals surface area (Å²) >= 11 is 1.47. The predicted molar refractivity (Wildman–Crippen MR) is 80.0 cm³/mol.